The highest BCUT2D eigenvalue weighted by molar-refractivity contribution is 6.19. The largest absolute Gasteiger partial charge is 0.394 e. The van der Waals surface area contributed by atoms with Gasteiger partial charge in [0.1, 0.15) is 0 Å². The molecule has 4 heteroatoms. The number of benzene rings is 1. The lowest BCUT2D eigenvalue weighted by Crippen LogP contribution is -2.35. The van der Waals surface area contributed by atoms with Crippen molar-refractivity contribution in [3.8, 4) is 0 Å². The number of aliphatic hydroxyl groups excluding tert-OH is 1. The molecule has 0 saturated carbocycles. The lowest BCUT2D eigenvalue weighted by atomic mass is 10.1. The first-order chi connectivity index (χ1) is 7.69. The highest BCUT2D eigenvalue weighted by atomic mass is 35.5. The van der Waals surface area contributed by atoms with E-state index in [2.05, 4.69) is 5.32 Å². The van der Waals surface area contributed by atoms with E-state index >= 15 is 0 Å². The van der Waals surface area contributed by atoms with Gasteiger partial charge in [0.05, 0.1) is 12.6 Å². The summed E-state index contributed by atoms with van der Waals surface area (Å²) in [4.78, 5) is 11.6. The van der Waals surface area contributed by atoms with Crippen molar-refractivity contribution in [2.24, 2.45) is 5.92 Å². The van der Waals surface area contributed by atoms with Crippen molar-refractivity contribution in [2.45, 2.75) is 13.0 Å². The number of alkyl halides is 1. The summed E-state index contributed by atoms with van der Waals surface area (Å²) in [5.74, 6) is -0.115. The summed E-state index contributed by atoms with van der Waals surface area (Å²) in [5.41, 5.74) is 0.889. The summed E-state index contributed by atoms with van der Waals surface area (Å²) < 4.78 is 0. The summed E-state index contributed by atoms with van der Waals surface area (Å²) >= 11 is 5.60. The number of amides is 1. The van der Waals surface area contributed by atoms with Crippen molar-refractivity contribution in [3.05, 3.63) is 35.9 Å². The van der Waals surface area contributed by atoms with Crippen LogP contribution in [0.5, 0.6) is 0 Å². The van der Waals surface area contributed by atoms with Gasteiger partial charge in [0, 0.05) is 11.8 Å². The Bertz CT molecular complexity index is 329. The van der Waals surface area contributed by atoms with E-state index in [1.807, 2.05) is 30.3 Å². The van der Waals surface area contributed by atoms with E-state index in [9.17, 15) is 9.90 Å². The maximum atomic E-state index is 11.6. The molecule has 2 atom stereocenters. The molecule has 0 aliphatic heterocycles. The normalized spacial score (nSPS) is 14.2. The highest BCUT2D eigenvalue weighted by Gasteiger charge is 2.17. The van der Waals surface area contributed by atoms with Crippen molar-refractivity contribution in [1.82, 2.24) is 5.32 Å². The van der Waals surface area contributed by atoms with Crippen LogP contribution < -0.4 is 5.32 Å². The van der Waals surface area contributed by atoms with E-state index in [1.165, 1.54) is 0 Å². The third kappa shape index (κ3) is 3.51. The van der Waals surface area contributed by atoms with E-state index in [4.69, 9.17) is 11.6 Å². The zero-order valence-corrected chi connectivity index (χ0v) is 9.95. The van der Waals surface area contributed by atoms with Gasteiger partial charge in [-0.25, -0.2) is 0 Å². The Labute approximate surface area is 100 Å². The van der Waals surface area contributed by atoms with E-state index in [0.717, 1.165) is 5.56 Å². The first-order valence-electron chi connectivity index (χ1n) is 5.21. The molecule has 88 valence electrons. The number of carbonyl (C=O) groups excluding carboxylic acids is 1. The fourth-order valence-corrected chi connectivity index (χ4v) is 1.44. The summed E-state index contributed by atoms with van der Waals surface area (Å²) in [6, 6.07) is 9.00. The molecule has 0 spiro atoms. The Kier molecular flexibility index (Phi) is 5.29. The predicted molar refractivity (Wildman–Crippen MR) is 64.3 cm³/mol. The van der Waals surface area contributed by atoms with Gasteiger partial charge in [-0.2, -0.15) is 0 Å². The number of rotatable bonds is 5. The molecular weight excluding hydrogens is 226 g/mol. The first kappa shape index (κ1) is 13.0. The Morgan fingerprint density at radius 1 is 1.44 bits per heavy atom. The second-order valence-electron chi connectivity index (χ2n) is 3.71. The maximum Gasteiger partial charge on any atom is 0.224 e. The molecule has 0 saturated heterocycles. The molecule has 1 rings (SSSR count). The van der Waals surface area contributed by atoms with Crippen LogP contribution in [0.3, 0.4) is 0 Å². The van der Waals surface area contributed by atoms with E-state index in [0.29, 0.717) is 0 Å². The molecule has 1 aromatic rings. The minimum absolute atomic E-state index is 0.120. The zero-order valence-electron chi connectivity index (χ0n) is 9.19. The van der Waals surface area contributed by atoms with Crippen LogP contribution in [-0.2, 0) is 4.79 Å². The van der Waals surface area contributed by atoms with Gasteiger partial charge in [-0.1, -0.05) is 37.3 Å². The molecule has 1 amide bonds. The molecule has 1 unspecified atom stereocenters. The predicted octanol–water partition coefficient (Wildman–Crippen LogP) is 1.71. The molecule has 3 nitrogen and oxygen atoms in total. The van der Waals surface area contributed by atoms with Gasteiger partial charge in [-0.3, -0.25) is 4.79 Å². The lowest BCUT2D eigenvalue weighted by Gasteiger charge is -2.18. The molecule has 2 N–H and O–H groups in total. The summed E-state index contributed by atoms with van der Waals surface area (Å²) in [7, 11) is 0. The number of nitrogens with one attached hydrogen (secondary N) is 1. The van der Waals surface area contributed by atoms with Crippen molar-refractivity contribution in [3.63, 3.8) is 0 Å². The summed E-state index contributed by atoms with van der Waals surface area (Å²) in [5, 5.41) is 12.0. The fourth-order valence-electron chi connectivity index (χ4n) is 1.30. The average Bonchev–Trinajstić information content (AvgIpc) is 2.35. The van der Waals surface area contributed by atoms with Crippen LogP contribution in [-0.4, -0.2) is 23.5 Å². The maximum absolute atomic E-state index is 11.6. The van der Waals surface area contributed by atoms with Gasteiger partial charge in [0.15, 0.2) is 0 Å². The van der Waals surface area contributed by atoms with Crippen molar-refractivity contribution < 1.29 is 9.90 Å². The van der Waals surface area contributed by atoms with E-state index < -0.39 is 0 Å². The monoisotopic (exact) mass is 241 g/mol. The quantitative estimate of drug-likeness (QED) is 0.772. The number of carbonyl (C=O) groups is 1. The highest BCUT2D eigenvalue weighted by Crippen LogP contribution is 2.12. The summed E-state index contributed by atoms with van der Waals surface area (Å²) in [6.45, 7) is 1.63. The molecule has 0 aliphatic rings. The average molecular weight is 242 g/mol. The third-order valence-corrected chi connectivity index (χ3v) is 2.84. The lowest BCUT2D eigenvalue weighted by molar-refractivity contribution is -0.124. The van der Waals surface area contributed by atoms with Gasteiger partial charge in [0.25, 0.3) is 0 Å². The minimum Gasteiger partial charge on any atom is -0.394 e. The standard InChI is InChI=1S/C12H16ClNO2/c1-9(7-13)12(16)14-11(8-15)10-5-3-2-4-6-10/h2-6,9,11,15H,7-8H2,1H3,(H,14,16)/t9?,11-/m0/s1. The van der Waals surface area contributed by atoms with E-state index in [-0.39, 0.29) is 30.4 Å². The Balaban J connectivity index is 2.66. The Morgan fingerprint density at radius 2 is 2.06 bits per heavy atom. The van der Waals surface area contributed by atoms with Crippen LogP contribution in [0.4, 0.5) is 0 Å². The second kappa shape index (κ2) is 6.51. The van der Waals surface area contributed by atoms with Crippen molar-refractivity contribution in [2.75, 3.05) is 12.5 Å². The number of hydrogen-bond donors (Lipinski definition) is 2. The third-order valence-electron chi connectivity index (χ3n) is 2.38. The number of aliphatic hydroxyl groups is 1. The molecular formula is C12H16ClNO2. The summed E-state index contributed by atoms with van der Waals surface area (Å²) in [6.07, 6.45) is 0. The van der Waals surface area contributed by atoms with Crippen molar-refractivity contribution in [1.29, 1.82) is 0 Å². The smallest absolute Gasteiger partial charge is 0.224 e. The zero-order chi connectivity index (χ0) is 12.0. The molecule has 0 aliphatic carbocycles. The fraction of sp³-hybridized carbons (Fsp3) is 0.417. The van der Waals surface area contributed by atoms with Gasteiger partial charge in [-0.15, -0.1) is 11.6 Å². The molecule has 0 bridgehead atoms. The molecule has 0 fully saturated rings. The molecule has 1 aromatic carbocycles. The SMILES string of the molecule is CC(CCl)C(=O)N[C@@H](CO)c1ccccc1. The number of hydrogen-bond acceptors (Lipinski definition) is 2. The van der Waals surface area contributed by atoms with Crippen LogP contribution in [0.2, 0.25) is 0 Å². The molecule has 16 heavy (non-hydrogen) atoms. The van der Waals surface area contributed by atoms with Crippen molar-refractivity contribution >= 4 is 17.5 Å². The Hall–Kier alpha value is -1.06. The second-order valence-corrected chi connectivity index (χ2v) is 4.02. The van der Waals surface area contributed by atoms with Crippen LogP contribution in [0.15, 0.2) is 30.3 Å². The van der Waals surface area contributed by atoms with E-state index in [1.54, 1.807) is 6.92 Å². The topological polar surface area (TPSA) is 49.3 Å². The van der Waals surface area contributed by atoms with Gasteiger partial charge >= 0.3 is 0 Å². The number of halogens is 1. The minimum atomic E-state index is -0.362. The molecule has 0 heterocycles. The van der Waals surface area contributed by atoms with Gasteiger partial charge in [0.2, 0.25) is 5.91 Å². The Morgan fingerprint density at radius 3 is 2.56 bits per heavy atom. The van der Waals surface area contributed by atoms with Gasteiger partial charge < -0.3 is 10.4 Å². The first-order valence-corrected chi connectivity index (χ1v) is 5.74. The molecule has 0 radical (unpaired) electrons. The van der Waals surface area contributed by atoms with Gasteiger partial charge in [-0.05, 0) is 5.56 Å². The van der Waals surface area contributed by atoms with Crippen LogP contribution in [0.1, 0.15) is 18.5 Å². The molecule has 0 aromatic heterocycles. The van der Waals surface area contributed by atoms with Crippen LogP contribution in [0, 0.1) is 5.92 Å². The van der Waals surface area contributed by atoms with Crippen LogP contribution >= 0.6 is 11.6 Å². The van der Waals surface area contributed by atoms with Crippen LogP contribution in [0.25, 0.3) is 0 Å².